The highest BCUT2D eigenvalue weighted by Crippen LogP contribution is 2.25. The molecule has 3 aromatic rings. The molecule has 1 aliphatic heterocycles. The Morgan fingerprint density at radius 2 is 2.06 bits per heavy atom. The van der Waals surface area contributed by atoms with Crippen LogP contribution in [0.4, 0.5) is 19.0 Å². The summed E-state index contributed by atoms with van der Waals surface area (Å²) in [5, 5.41) is 23.5. The number of nitrogens with one attached hydrogen (secondary N) is 1. The number of carbonyl (C=O) groups excluding carboxylic acids is 2. The normalized spacial score (nSPS) is 14.3. The topological polar surface area (TPSA) is 139 Å². The number of aliphatic hydroxyl groups excluding tert-OH is 1. The Morgan fingerprint density at radius 3 is 2.81 bits per heavy atom. The summed E-state index contributed by atoms with van der Waals surface area (Å²) in [4.78, 5) is 35.0. The molecule has 0 saturated carbocycles. The van der Waals surface area contributed by atoms with Crippen LogP contribution in [0, 0.1) is 0 Å². The standard InChI is InChI=1S/C22H23F3N8O3/c1-13(12-34)33-20(29-30-31-33)16-3-2-4-18(27-16)28-21(36)17-9-15-11-32(8-6-14(15)10-26-17)19(35)5-7-22(23,24)25/h2-4,9-10,13,34H,5-8,11-12H2,1H3,(H,27,28,36)/t13-/m1/s1. The van der Waals surface area contributed by atoms with E-state index < -0.39 is 30.8 Å². The summed E-state index contributed by atoms with van der Waals surface area (Å²) < 4.78 is 38.8. The summed E-state index contributed by atoms with van der Waals surface area (Å²) in [5.74, 6) is -0.604. The molecule has 11 nitrogen and oxygen atoms in total. The van der Waals surface area contributed by atoms with Crippen LogP contribution in [0.5, 0.6) is 0 Å². The fraction of sp³-hybridized carbons (Fsp3) is 0.409. The fourth-order valence-electron chi connectivity index (χ4n) is 3.73. The lowest BCUT2D eigenvalue weighted by molar-refractivity contribution is -0.149. The van der Waals surface area contributed by atoms with Crippen LogP contribution in [-0.2, 0) is 17.8 Å². The zero-order valence-corrected chi connectivity index (χ0v) is 19.2. The number of aromatic nitrogens is 6. The second-order valence-electron chi connectivity index (χ2n) is 8.36. The van der Waals surface area contributed by atoms with E-state index in [1.54, 1.807) is 25.1 Å². The molecule has 0 bridgehead atoms. The number of alkyl halides is 3. The van der Waals surface area contributed by atoms with Gasteiger partial charge in [0.1, 0.15) is 17.2 Å². The highest BCUT2D eigenvalue weighted by atomic mass is 19.4. The minimum absolute atomic E-state index is 0.0734. The first kappa shape index (κ1) is 25.2. The highest BCUT2D eigenvalue weighted by molar-refractivity contribution is 6.02. The van der Waals surface area contributed by atoms with Crippen molar-refractivity contribution in [3.63, 3.8) is 0 Å². The molecule has 1 aliphatic rings. The molecule has 3 aromatic heterocycles. The van der Waals surface area contributed by atoms with Gasteiger partial charge in [-0.25, -0.2) is 9.67 Å². The van der Waals surface area contributed by atoms with Crippen molar-refractivity contribution in [3.8, 4) is 11.5 Å². The molecule has 0 saturated heterocycles. The van der Waals surface area contributed by atoms with Gasteiger partial charge in [0.2, 0.25) is 11.7 Å². The van der Waals surface area contributed by atoms with E-state index in [4.69, 9.17) is 0 Å². The molecular weight excluding hydrogens is 481 g/mol. The average Bonchev–Trinajstić information content (AvgIpc) is 3.36. The zero-order valence-electron chi connectivity index (χ0n) is 19.2. The number of fused-ring (bicyclic) bond motifs is 1. The largest absolute Gasteiger partial charge is 0.394 e. The number of rotatable bonds is 7. The molecular formula is C22H23F3N8O3. The molecule has 0 unspecified atom stereocenters. The van der Waals surface area contributed by atoms with E-state index in [-0.39, 0.29) is 30.7 Å². The third-order valence-corrected chi connectivity index (χ3v) is 5.70. The molecule has 0 aromatic carbocycles. The molecule has 0 radical (unpaired) electrons. The maximum Gasteiger partial charge on any atom is 0.389 e. The molecule has 1 atom stereocenters. The van der Waals surface area contributed by atoms with Crippen LogP contribution < -0.4 is 5.32 Å². The quantitative estimate of drug-likeness (QED) is 0.499. The Morgan fingerprint density at radius 1 is 1.25 bits per heavy atom. The number of halogens is 3. The first-order valence-corrected chi connectivity index (χ1v) is 11.1. The molecule has 190 valence electrons. The lowest BCUT2D eigenvalue weighted by Gasteiger charge is -2.29. The molecule has 4 heterocycles. The lowest BCUT2D eigenvalue weighted by atomic mass is 10.0. The number of nitrogens with zero attached hydrogens (tertiary/aromatic N) is 7. The molecule has 4 rings (SSSR count). The Bertz CT molecular complexity index is 1260. The van der Waals surface area contributed by atoms with Crippen molar-refractivity contribution in [1.29, 1.82) is 0 Å². The number of hydrogen-bond donors (Lipinski definition) is 2. The van der Waals surface area contributed by atoms with Gasteiger partial charge in [-0.1, -0.05) is 6.07 Å². The maximum absolute atomic E-state index is 12.8. The summed E-state index contributed by atoms with van der Waals surface area (Å²) in [6.07, 6.45) is -4.20. The minimum Gasteiger partial charge on any atom is -0.394 e. The van der Waals surface area contributed by atoms with E-state index in [9.17, 15) is 27.9 Å². The van der Waals surface area contributed by atoms with E-state index >= 15 is 0 Å². The van der Waals surface area contributed by atoms with Gasteiger partial charge in [0.05, 0.1) is 19.1 Å². The van der Waals surface area contributed by atoms with Crippen LogP contribution in [-0.4, -0.2) is 71.3 Å². The van der Waals surface area contributed by atoms with Crippen LogP contribution in [0.25, 0.3) is 11.5 Å². The van der Waals surface area contributed by atoms with Gasteiger partial charge in [-0.15, -0.1) is 5.10 Å². The second-order valence-corrected chi connectivity index (χ2v) is 8.36. The third kappa shape index (κ3) is 5.82. The van der Waals surface area contributed by atoms with Crippen molar-refractivity contribution in [2.45, 2.75) is 44.9 Å². The van der Waals surface area contributed by atoms with Gasteiger partial charge in [-0.3, -0.25) is 14.6 Å². The number of anilines is 1. The fourth-order valence-corrected chi connectivity index (χ4v) is 3.73. The predicted molar refractivity (Wildman–Crippen MR) is 119 cm³/mol. The van der Waals surface area contributed by atoms with Gasteiger partial charge < -0.3 is 15.3 Å². The average molecular weight is 504 g/mol. The zero-order chi connectivity index (χ0) is 25.9. The smallest absolute Gasteiger partial charge is 0.389 e. The van der Waals surface area contributed by atoms with Crippen LogP contribution in [0.15, 0.2) is 30.5 Å². The van der Waals surface area contributed by atoms with Crippen LogP contribution in [0.2, 0.25) is 0 Å². The maximum atomic E-state index is 12.8. The summed E-state index contributed by atoms with van der Waals surface area (Å²) in [6, 6.07) is 6.04. The number of hydrogen-bond acceptors (Lipinski definition) is 8. The van der Waals surface area contributed by atoms with E-state index in [1.807, 2.05) is 0 Å². The van der Waals surface area contributed by atoms with Crippen molar-refractivity contribution in [2.24, 2.45) is 0 Å². The van der Waals surface area contributed by atoms with Crippen molar-refractivity contribution in [2.75, 3.05) is 18.5 Å². The molecule has 0 fully saturated rings. The lowest BCUT2D eigenvalue weighted by Crippen LogP contribution is -2.36. The van der Waals surface area contributed by atoms with Crippen LogP contribution >= 0.6 is 0 Å². The first-order chi connectivity index (χ1) is 17.1. The van der Waals surface area contributed by atoms with E-state index in [2.05, 4.69) is 30.8 Å². The Balaban J connectivity index is 1.46. The third-order valence-electron chi connectivity index (χ3n) is 5.70. The Labute approximate surface area is 203 Å². The molecule has 36 heavy (non-hydrogen) atoms. The number of amides is 2. The molecule has 0 spiro atoms. The molecule has 0 aliphatic carbocycles. The van der Waals surface area contributed by atoms with Gasteiger partial charge in [0.25, 0.3) is 5.91 Å². The predicted octanol–water partition coefficient (Wildman–Crippen LogP) is 2.16. The highest BCUT2D eigenvalue weighted by Gasteiger charge is 2.30. The SMILES string of the molecule is C[C@H](CO)n1nnnc1-c1cccc(NC(=O)c2cc3c(cn2)CCN(C(=O)CCC(F)(F)F)C3)n1. The minimum atomic E-state index is -4.40. The summed E-state index contributed by atoms with van der Waals surface area (Å²) in [7, 11) is 0. The van der Waals surface area contributed by atoms with E-state index in [1.165, 1.54) is 21.8 Å². The van der Waals surface area contributed by atoms with Gasteiger partial charge in [-0.2, -0.15) is 13.2 Å². The number of aliphatic hydroxyl groups is 1. The van der Waals surface area contributed by atoms with Crippen molar-refractivity contribution < 1.29 is 27.9 Å². The van der Waals surface area contributed by atoms with Crippen molar-refractivity contribution in [1.82, 2.24) is 35.1 Å². The van der Waals surface area contributed by atoms with Crippen LogP contribution in [0.3, 0.4) is 0 Å². The summed E-state index contributed by atoms with van der Waals surface area (Å²) >= 11 is 0. The van der Waals surface area contributed by atoms with E-state index in [0.717, 1.165) is 5.56 Å². The Kier molecular flexibility index (Phi) is 7.24. The number of carbonyl (C=O) groups is 2. The van der Waals surface area contributed by atoms with Gasteiger partial charge >= 0.3 is 6.18 Å². The van der Waals surface area contributed by atoms with Crippen LogP contribution in [0.1, 0.15) is 47.4 Å². The van der Waals surface area contributed by atoms with Gasteiger partial charge in [-0.05, 0) is 53.1 Å². The second kappa shape index (κ2) is 10.4. The Hall–Kier alpha value is -3.94. The number of tetrazole rings is 1. The summed E-state index contributed by atoms with van der Waals surface area (Å²) in [5.41, 5.74) is 1.94. The first-order valence-electron chi connectivity index (χ1n) is 11.1. The molecule has 2 N–H and O–H groups in total. The summed E-state index contributed by atoms with van der Waals surface area (Å²) in [6.45, 7) is 1.96. The monoisotopic (exact) mass is 504 g/mol. The molecule has 14 heteroatoms. The van der Waals surface area contributed by atoms with E-state index in [0.29, 0.717) is 30.0 Å². The van der Waals surface area contributed by atoms with Gasteiger partial charge in [0.15, 0.2) is 0 Å². The molecule has 2 amide bonds. The van der Waals surface area contributed by atoms with Gasteiger partial charge in [0, 0.05) is 25.7 Å². The van der Waals surface area contributed by atoms with Crippen molar-refractivity contribution in [3.05, 3.63) is 47.3 Å². The van der Waals surface area contributed by atoms with Crippen molar-refractivity contribution >= 4 is 17.6 Å². The number of pyridine rings is 2.